The molecule has 7 N–H and O–H groups in total. The van der Waals surface area contributed by atoms with E-state index in [1.807, 2.05) is 13.8 Å². The fourth-order valence-electron chi connectivity index (χ4n) is 6.15. The van der Waals surface area contributed by atoms with Gasteiger partial charge in [0.05, 0.1) is 10.5 Å². The van der Waals surface area contributed by atoms with Gasteiger partial charge in [0.2, 0.25) is 17.7 Å². The smallest absolute Gasteiger partial charge is 0.405 e. The monoisotopic (exact) mass is 593 g/mol. The van der Waals surface area contributed by atoms with Gasteiger partial charge in [-0.05, 0) is 55.2 Å². The molecule has 0 radical (unpaired) electrons. The summed E-state index contributed by atoms with van der Waals surface area (Å²) in [5, 5.41) is 19.3. The summed E-state index contributed by atoms with van der Waals surface area (Å²) >= 11 is 12.8. The molecule has 4 unspecified atom stereocenters. The maximum atomic E-state index is 14.1. The zero-order chi connectivity index (χ0) is 29.2. The number of primary amides is 1. The molecule has 0 saturated heterocycles. The summed E-state index contributed by atoms with van der Waals surface area (Å²) in [4.78, 5) is 55.2. The van der Waals surface area contributed by atoms with Crippen molar-refractivity contribution in [2.45, 2.75) is 89.3 Å². The number of fused-ring (bicyclic) bond motifs is 3. The van der Waals surface area contributed by atoms with Crippen LogP contribution in [0, 0.1) is 11.8 Å². The second-order valence-corrected chi connectivity index (χ2v) is 12.0. The van der Waals surface area contributed by atoms with E-state index in [1.54, 1.807) is 12.1 Å². The van der Waals surface area contributed by atoms with Gasteiger partial charge in [-0.1, -0.05) is 62.7 Å². The molecule has 12 heteroatoms. The van der Waals surface area contributed by atoms with E-state index in [1.165, 1.54) is 0 Å². The molecule has 4 atom stereocenters. The number of hydrogen-bond acceptors (Lipinski definition) is 4. The number of aromatic amines is 1. The highest BCUT2D eigenvalue weighted by Crippen LogP contribution is 2.38. The van der Waals surface area contributed by atoms with E-state index in [2.05, 4.69) is 20.9 Å². The zero-order valence-electron chi connectivity index (χ0n) is 22.7. The van der Waals surface area contributed by atoms with E-state index in [-0.39, 0.29) is 24.7 Å². The van der Waals surface area contributed by atoms with Gasteiger partial charge in [0, 0.05) is 22.5 Å². The first-order valence-electron chi connectivity index (χ1n) is 13.9. The van der Waals surface area contributed by atoms with Gasteiger partial charge >= 0.3 is 6.09 Å². The predicted molar refractivity (Wildman–Crippen MR) is 153 cm³/mol. The Morgan fingerprint density at radius 3 is 2.48 bits per heavy atom. The van der Waals surface area contributed by atoms with Gasteiger partial charge in [-0.3, -0.25) is 14.4 Å². The minimum absolute atomic E-state index is 0.0903. The molecule has 218 valence electrons. The Morgan fingerprint density at radius 2 is 1.85 bits per heavy atom. The average Bonchev–Trinajstić information content (AvgIpc) is 3.27. The van der Waals surface area contributed by atoms with Crippen LogP contribution in [0.2, 0.25) is 10.0 Å². The lowest BCUT2D eigenvalue weighted by Gasteiger charge is -2.40. The fourth-order valence-corrected chi connectivity index (χ4v) is 6.69. The maximum Gasteiger partial charge on any atom is 0.405 e. The first kappa shape index (κ1) is 30.0. The first-order chi connectivity index (χ1) is 19.0. The molecule has 1 fully saturated rings. The van der Waals surface area contributed by atoms with Crippen LogP contribution in [0.3, 0.4) is 0 Å². The highest BCUT2D eigenvalue weighted by Gasteiger charge is 2.47. The summed E-state index contributed by atoms with van der Waals surface area (Å²) in [6, 6.07) is 1.43. The van der Waals surface area contributed by atoms with Crippen molar-refractivity contribution >= 4 is 57.9 Å². The molecule has 1 saturated carbocycles. The number of carbonyl (C=O) groups excluding carboxylic acids is 3. The average molecular weight is 595 g/mol. The van der Waals surface area contributed by atoms with Gasteiger partial charge in [0.15, 0.2) is 0 Å². The molecule has 4 amide bonds. The van der Waals surface area contributed by atoms with E-state index in [0.717, 1.165) is 35.9 Å². The number of carboxylic acid groups (broad SMARTS) is 1. The van der Waals surface area contributed by atoms with Crippen molar-refractivity contribution in [2.75, 3.05) is 0 Å². The summed E-state index contributed by atoms with van der Waals surface area (Å²) < 4.78 is 0. The molecular formula is C28H37Cl2N5O5. The van der Waals surface area contributed by atoms with Crippen LogP contribution in [0.25, 0.3) is 10.9 Å². The van der Waals surface area contributed by atoms with Crippen LogP contribution < -0.4 is 21.7 Å². The van der Waals surface area contributed by atoms with Gasteiger partial charge in [-0.15, -0.1) is 0 Å². The summed E-state index contributed by atoms with van der Waals surface area (Å²) in [7, 11) is 0. The summed E-state index contributed by atoms with van der Waals surface area (Å²) in [6.07, 6.45) is 4.24. The molecule has 10 nitrogen and oxygen atoms in total. The minimum Gasteiger partial charge on any atom is -0.465 e. The third kappa shape index (κ3) is 6.17. The number of halogens is 2. The Kier molecular flexibility index (Phi) is 9.19. The summed E-state index contributed by atoms with van der Waals surface area (Å²) in [6.45, 7) is 3.71. The van der Waals surface area contributed by atoms with Gasteiger partial charge < -0.3 is 31.8 Å². The van der Waals surface area contributed by atoms with Crippen molar-refractivity contribution in [3.8, 4) is 0 Å². The topological polar surface area (TPSA) is 166 Å². The van der Waals surface area contributed by atoms with Crippen LogP contribution in [-0.2, 0) is 27.2 Å². The van der Waals surface area contributed by atoms with E-state index < -0.39 is 41.4 Å². The number of aryl methyl sites for hydroxylation is 1. The number of aromatic nitrogens is 1. The van der Waals surface area contributed by atoms with Crippen molar-refractivity contribution in [1.82, 2.24) is 20.9 Å². The molecular weight excluding hydrogens is 557 g/mol. The second-order valence-electron chi connectivity index (χ2n) is 11.2. The van der Waals surface area contributed by atoms with E-state index >= 15 is 0 Å². The van der Waals surface area contributed by atoms with Gasteiger partial charge in [-0.2, -0.15) is 0 Å². The number of benzene rings is 1. The van der Waals surface area contributed by atoms with Crippen LogP contribution in [-0.4, -0.2) is 51.5 Å². The lowest BCUT2D eigenvalue weighted by atomic mass is 9.77. The van der Waals surface area contributed by atoms with Crippen LogP contribution in [0.15, 0.2) is 12.1 Å². The molecule has 0 spiro atoms. The van der Waals surface area contributed by atoms with Crippen LogP contribution in [0.5, 0.6) is 0 Å². The Bertz CT molecular complexity index is 1310. The summed E-state index contributed by atoms with van der Waals surface area (Å²) in [5.74, 6) is -2.20. The van der Waals surface area contributed by atoms with Gasteiger partial charge in [0.1, 0.15) is 17.6 Å². The number of H-pyrrole nitrogens is 1. The van der Waals surface area contributed by atoms with E-state index in [9.17, 15) is 24.3 Å². The highest BCUT2D eigenvalue weighted by molar-refractivity contribution is 6.38. The predicted octanol–water partition coefficient (Wildman–Crippen LogP) is 4.05. The highest BCUT2D eigenvalue weighted by atomic mass is 35.5. The molecule has 0 aliphatic heterocycles. The Balaban J connectivity index is 1.74. The van der Waals surface area contributed by atoms with E-state index in [4.69, 9.17) is 28.9 Å². The van der Waals surface area contributed by atoms with Crippen LogP contribution in [0.4, 0.5) is 4.79 Å². The third-order valence-electron chi connectivity index (χ3n) is 8.59. The maximum absolute atomic E-state index is 14.1. The second kappa shape index (κ2) is 12.3. The standard InChI is InChI=1S/C28H37Cl2N5O5/c1-3-14(2)21(24(31)36)33-26(38)28(35-25(37)22(34-27(39)40)15-7-5-4-6-8-15)10-9-20-18(13-28)17-11-16(29)12-19(30)23(17)32-20/h11-12,14-15,21-22,32,34H,3-10,13H2,1-2H3,(H2,31,36)(H,33,38)(H,35,37)(H,39,40). The molecule has 1 heterocycles. The Morgan fingerprint density at radius 1 is 1.15 bits per heavy atom. The van der Waals surface area contributed by atoms with Crippen LogP contribution >= 0.6 is 23.2 Å². The quantitative estimate of drug-likeness (QED) is 0.257. The molecule has 0 bridgehead atoms. The van der Waals surface area contributed by atoms with Crippen LogP contribution in [0.1, 0.15) is 70.1 Å². The molecule has 2 aliphatic rings. The van der Waals surface area contributed by atoms with Crippen molar-refractivity contribution in [3.05, 3.63) is 33.4 Å². The molecule has 40 heavy (non-hydrogen) atoms. The SMILES string of the molecule is CCC(C)C(NC(=O)C1(NC(=O)C(NC(=O)O)C2CCCCC2)CCc2[nH]c3c(Cl)cc(Cl)cc3c2C1)C(N)=O. The van der Waals surface area contributed by atoms with Crippen molar-refractivity contribution in [1.29, 1.82) is 0 Å². The number of nitrogens with two attached hydrogens (primary N) is 1. The molecule has 1 aromatic heterocycles. The fraction of sp³-hybridized carbons (Fsp3) is 0.571. The third-order valence-corrected chi connectivity index (χ3v) is 9.10. The molecule has 2 aromatic rings. The van der Waals surface area contributed by atoms with Gasteiger partial charge in [-0.25, -0.2) is 4.79 Å². The lowest BCUT2D eigenvalue weighted by molar-refractivity contribution is -0.138. The minimum atomic E-state index is -1.47. The summed E-state index contributed by atoms with van der Waals surface area (Å²) in [5.41, 5.74) is 6.52. The Hall–Kier alpha value is -2.98. The zero-order valence-corrected chi connectivity index (χ0v) is 24.3. The first-order valence-corrected chi connectivity index (χ1v) is 14.6. The molecule has 1 aromatic carbocycles. The molecule has 2 aliphatic carbocycles. The van der Waals surface area contributed by atoms with E-state index in [0.29, 0.717) is 41.2 Å². The number of hydrogen-bond donors (Lipinski definition) is 6. The van der Waals surface area contributed by atoms with Gasteiger partial charge in [0.25, 0.3) is 0 Å². The van der Waals surface area contributed by atoms with Crippen molar-refractivity contribution in [3.63, 3.8) is 0 Å². The lowest BCUT2D eigenvalue weighted by Crippen LogP contribution is -2.67. The number of carbonyl (C=O) groups is 4. The molecule has 4 rings (SSSR count). The number of amides is 4. The Labute approximate surface area is 243 Å². The van der Waals surface area contributed by atoms with Crippen molar-refractivity contribution < 1.29 is 24.3 Å². The normalized spacial score (nSPS) is 21.6. The largest absolute Gasteiger partial charge is 0.465 e. The van der Waals surface area contributed by atoms with Crippen molar-refractivity contribution in [2.24, 2.45) is 17.6 Å². The number of rotatable bonds is 9. The number of nitrogens with one attached hydrogen (secondary N) is 4.